The Balaban J connectivity index is 2.62. The molecule has 1 aliphatic heterocycles. The second-order valence-electron chi connectivity index (χ2n) is 5.64. The van der Waals surface area contributed by atoms with E-state index in [4.69, 9.17) is 0 Å². The van der Waals surface area contributed by atoms with Gasteiger partial charge in [0.05, 0.1) is 33.7 Å². The molecule has 96 valence electrons. The van der Waals surface area contributed by atoms with Crippen LogP contribution in [0.2, 0.25) is 0 Å². The number of carbonyl (C=O) groups excluding carboxylic acids is 2. The third-order valence-electron chi connectivity index (χ3n) is 3.00. The Morgan fingerprint density at radius 2 is 2.00 bits per heavy atom. The first kappa shape index (κ1) is 13.7. The van der Waals surface area contributed by atoms with Gasteiger partial charge in [-0.3, -0.25) is 9.69 Å². The van der Waals surface area contributed by atoms with Crippen molar-refractivity contribution < 1.29 is 14.1 Å². The van der Waals surface area contributed by atoms with Crippen LogP contribution in [0.1, 0.15) is 13.8 Å². The van der Waals surface area contributed by atoms with Crippen molar-refractivity contribution in [3.8, 4) is 0 Å². The molecular formula is C12H22N3O2+. The van der Waals surface area contributed by atoms with Gasteiger partial charge in [-0.25, -0.2) is 4.79 Å². The molecule has 0 spiro atoms. The van der Waals surface area contributed by atoms with E-state index in [0.29, 0.717) is 11.0 Å². The summed E-state index contributed by atoms with van der Waals surface area (Å²) in [6, 6.07) is -0.293. The highest BCUT2D eigenvalue weighted by Crippen LogP contribution is 2.16. The Labute approximate surface area is 103 Å². The van der Waals surface area contributed by atoms with Gasteiger partial charge in [-0.15, -0.1) is 0 Å². The van der Waals surface area contributed by atoms with E-state index < -0.39 is 5.54 Å². The summed E-state index contributed by atoms with van der Waals surface area (Å²) in [5.41, 5.74) is -0.771. The molecule has 0 bridgehead atoms. The second kappa shape index (κ2) is 4.49. The lowest BCUT2D eigenvalue weighted by molar-refractivity contribution is -0.883. The van der Waals surface area contributed by atoms with Crippen molar-refractivity contribution in [2.24, 2.45) is 0 Å². The Bertz CT molecular complexity index is 348. The zero-order chi connectivity index (χ0) is 13.3. The van der Waals surface area contributed by atoms with Crippen LogP contribution in [0.25, 0.3) is 0 Å². The minimum atomic E-state index is -0.771. The molecule has 0 unspecified atom stereocenters. The predicted octanol–water partition coefficient (Wildman–Crippen LogP) is 0.579. The topological polar surface area (TPSA) is 49.4 Å². The van der Waals surface area contributed by atoms with E-state index in [1.807, 2.05) is 20.2 Å². The largest absolute Gasteiger partial charge is 0.325 e. The van der Waals surface area contributed by atoms with Gasteiger partial charge >= 0.3 is 6.03 Å². The first-order valence-electron chi connectivity index (χ1n) is 5.77. The van der Waals surface area contributed by atoms with Crippen LogP contribution in [-0.2, 0) is 4.79 Å². The number of rotatable bonds is 5. The van der Waals surface area contributed by atoms with Crippen molar-refractivity contribution in [1.82, 2.24) is 10.2 Å². The highest BCUT2D eigenvalue weighted by Gasteiger charge is 2.44. The summed E-state index contributed by atoms with van der Waals surface area (Å²) < 4.78 is 0.709. The lowest BCUT2D eigenvalue weighted by Crippen LogP contribution is -2.47. The molecule has 3 amide bonds. The van der Waals surface area contributed by atoms with Crippen LogP contribution in [0, 0.1) is 0 Å². The van der Waals surface area contributed by atoms with E-state index in [0.717, 1.165) is 13.1 Å². The SMILES string of the molecule is C=CC[N+](C)(C)CCN1C(=O)NC(C)(C)C1=O. The van der Waals surface area contributed by atoms with E-state index in [9.17, 15) is 9.59 Å². The first-order valence-corrected chi connectivity index (χ1v) is 5.77. The highest BCUT2D eigenvalue weighted by atomic mass is 16.2. The van der Waals surface area contributed by atoms with Gasteiger partial charge in [0, 0.05) is 0 Å². The number of nitrogens with one attached hydrogen (secondary N) is 1. The molecule has 1 fully saturated rings. The van der Waals surface area contributed by atoms with E-state index in [1.165, 1.54) is 4.90 Å². The van der Waals surface area contributed by atoms with Crippen LogP contribution in [0.3, 0.4) is 0 Å². The van der Waals surface area contributed by atoms with E-state index >= 15 is 0 Å². The molecular weight excluding hydrogens is 218 g/mol. The number of quaternary nitrogens is 1. The van der Waals surface area contributed by atoms with Crippen LogP contribution in [0.4, 0.5) is 4.79 Å². The normalized spacial score (nSPS) is 19.4. The molecule has 0 saturated carbocycles. The Kier molecular flexibility index (Phi) is 3.62. The van der Waals surface area contributed by atoms with Crippen molar-refractivity contribution in [2.75, 3.05) is 33.7 Å². The summed E-state index contributed by atoms with van der Waals surface area (Å²) in [6.07, 6.45) is 1.84. The van der Waals surface area contributed by atoms with Crippen molar-refractivity contribution in [2.45, 2.75) is 19.4 Å². The Hall–Kier alpha value is -1.36. The van der Waals surface area contributed by atoms with Gasteiger partial charge in [-0.2, -0.15) is 0 Å². The number of likely N-dealkylation sites (N-methyl/N-ethyl adjacent to an activating group) is 1. The number of amides is 3. The molecule has 1 rings (SSSR count). The number of hydrogen-bond acceptors (Lipinski definition) is 2. The predicted molar refractivity (Wildman–Crippen MR) is 66.4 cm³/mol. The van der Waals surface area contributed by atoms with Crippen LogP contribution in [-0.4, -0.2) is 60.6 Å². The van der Waals surface area contributed by atoms with Gasteiger partial charge < -0.3 is 9.80 Å². The lowest BCUT2D eigenvalue weighted by atomic mass is 10.1. The molecule has 1 heterocycles. The summed E-state index contributed by atoms with van der Waals surface area (Å²) in [6.45, 7) is 9.12. The molecule has 0 aromatic rings. The fourth-order valence-corrected chi connectivity index (χ4v) is 1.83. The van der Waals surface area contributed by atoms with Crippen molar-refractivity contribution in [3.63, 3.8) is 0 Å². The van der Waals surface area contributed by atoms with Crippen molar-refractivity contribution in [3.05, 3.63) is 12.7 Å². The van der Waals surface area contributed by atoms with Gasteiger partial charge in [-0.1, -0.05) is 6.58 Å². The molecule has 5 nitrogen and oxygen atoms in total. The fourth-order valence-electron chi connectivity index (χ4n) is 1.83. The molecule has 0 aromatic heterocycles. The monoisotopic (exact) mass is 240 g/mol. The minimum absolute atomic E-state index is 0.152. The Morgan fingerprint density at radius 3 is 2.41 bits per heavy atom. The zero-order valence-electron chi connectivity index (χ0n) is 11.1. The quantitative estimate of drug-likeness (QED) is 0.434. The maximum absolute atomic E-state index is 11.9. The molecule has 0 aliphatic carbocycles. The molecule has 0 atom stereocenters. The van der Waals surface area contributed by atoms with Crippen molar-refractivity contribution in [1.29, 1.82) is 0 Å². The third kappa shape index (κ3) is 3.06. The summed E-state index contributed by atoms with van der Waals surface area (Å²) in [4.78, 5) is 24.9. The summed E-state index contributed by atoms with van der Waals surface area (Å²) >= 11 is 0. The van der Waals surface area contributed by atoms with E-state index in [2.05, 4.69) is 11.9 Å². The number of nitrogens with zero attached hydrogens (tertiary/aromatic N) is 2. The standard InChI is InChI=1S/C12H21N3O2/c1-6-8-15(4,5)9-7-14-10(16)12(2,3)13-11(14)17/h6H,1,7-9H2,2-5H3/p+1. The van der Waals surface area contributed by atoms with E-state index in [1.54, 1.807) is 13.8 Å². The van der Waals surface area contributed by atoms with Gasteiger partial charge in [0.2, 0.25) is 0 Å². The number of carbonyl (C=O) groups is 2. The fraction of sp³-hybridized carbons (Fsp3) is 0.667. The molecule has 1 aliphatic rings. The van der Waals surface area contributed by atoms with Crippen LogP contribution < -0.4 is 5.32 Å². The minimum Gasteiger partial charge on any atom is -0.324 e. The van der Waals surface area contributed by atoms with Gasteiger partial charge in [0.15, 0.2) is 0 Å². The van der Waals surface area contributed by atoms with E-state index in [-0.39, 0.29) is 11.9 Å². The van der Waals surface area contributed by atoms with Crippen molar-refractivity contribution >= 4 is 11.9 Å². The van der Waals surface area contributed by atoms with Gasteiger partial charge in [0.1, 0.15) is 5.54 Å². The number of hydrogen-bond donors (Lipinski definition) is 1. The Morgan fingerprint density at radius 1 is 1.41 bits per heavy atom. The average Bonchev–Trinajstić information content (AvgIpc) is 2.34. The average molecular weight is 240 g/mol. The number of imide groups is 1. The summed E-state index contributed by atoms with van der Waals surface area (Å²) in [5.74, 6) is -0.152. The third-order valence-corrected chi connectivity index (χ3v) is 3.00. The summed E-state index contributed by atoms with van der Waals surface area (Å²) in [5, 5.41) is 2.67. The van der Waals surface area contributed by atoms with Gasteiger partial charge in [-0.05, 0) is 19.9 Å². The second-order valence-corrected chi connectivity index (χ2v) is 5.64. The molecule has 17 heavy (non-hydrogen) atoms. The molecule has 5 heteroatoms. The molecule has 1 saturated heterocycles. The maximum atomic E-state index is 11.9. The highest BCUT2D eigenvalue weighted by molar-refractivity contribution is 6.06. The number of urea groups is 1. The molecule has 1 N–H and O–H groups in total. The zero-order valence-corrected chi connectivity index (χ0v) is 11.1. The molecule has 0 radical (unpaired) electrons. The van der Waals surface area contributed by atoms with Crippen LogP contribution in [0.5, 0.6) is 0 Å². The van der Waals surface area contributed by atoms with Crippen LogP contribution in [0.15, 0.2) is 12.7 Å². The maximum Gasteiger partial charge on any atom is 0.325 e. The first-order chi connectivity index (χ1) is 7.69. The van der Waals surface area contributed by atoms with Crippen LogP contribution >= 0.6 is 0 Å². The lowest BCUT2D eigenvalue weighted by Gasteiger charge is -2.29. The van der Waals surface area contributed by atoms with Gasteiger partial charge in [0.25, 0.3) is 5.91 Å². The smallest absolute Gasteiger partial charge is 0.324 e. The molecule has 0 aromatic carbocycles. The summed E-state index contributed by atoms with van der Waals surface area (Å²) in [7, 11) is 4.09.